The van der Waals surface area contributed by atoms with Gasteiger partial charge in [0.25, 0.3) is 5.91 Å². The van der Waals surface area contributed by atoms with Crippen molar-refractivity contribution >= 4 is 15.9 Å². The molecule has 0 unspecified atom stereocenters. The van der Waals surface area contributed by atoms with Gasteiger partial charge < -0.3 is 4.90 Å². The predicted octanol–water partition coefficient (Wildman–Crippen LogP) is 1.68. The number of nitrogens with zero attached hydrogens (tertiary/aromatic N) is 3. The molecule has 1 aliphatic heterocycles. The summed E-state index contributed by atoms with van der Waals surface area (Å²) in [5.41, 5.74) is 0.849. The number of carbonyl (C=O) groups excluding carboxylic acids is 1. The average Bonchev–Trinajstić information content (AvgIpc) is 2.61. The number of hydrogen-bond donors (Lipinski definition) is 0. The number of sulfonamides is 1. The van der Waals surface area contributed by atoms with Crippen LogP contribution in [0.1, 0.15) is 15.9 Å². The van der Waals surface area contributed by atoms with E-state index in [1.54, 1.807) is 30.2 Å². The Bertz CT molecular complexity index is 879. The van der Waals surface area contributed by atoms with Crippen LogP contribution in [0.4, 0.5) is 4.39 Å². The van der Waals surface area contributed by atoms with E-state index in [9.17, 15) is 17.6 Å². The Labute approximate surface area is 145 Å². The van der Waals surface area contributed by atoms with Crippen LogP contribution < -0.4 is 0 Å². The Morgan fingerprint density at radius 1 is 1.16 bits per heavy atom. The summed E-state index contributed by atoms with van der Waals surface area (Å²) in [6.07, 6.45) is 3.08. The van der Waals surface area contributed by atoms with Crippen LogP contribution >= 0.6 is 0 Å². The number of rotatable bonds is 3. The highest BCUT2D eigenvalue weighted by Gasteiger charge is 2.31. The second-order valence-electron chi connectivity index (χ2n) is 5.85. The summed E-state index contributed by atoms with van der Waals surface area (Å²) in [5.74, 6) is -0.633. The molecule has 0 saturated carbocycles. The highest BCUT2D eigenvalue weighted by atomic mass is 32.2. The first-order chi connectivity index (χ1) is 11.9. The summed E-state index contributed by atoms with van der Waals surface area (Å²) in [6, 6.07) is 7.00. The van der Waals surface area contributed by atoms with Crippen molar-refractivity contribution in [1.29, 1.82) is 0 Å². The van der Waals surface area contributed by atoms with Gasteiger partial charge in [0.2, 0.25) is 10.0 Å². The first kappa shape index (κ1) is 17.5. The number of halogens is 1. The Hall–Kier alpha value is -2.32. The molecule has 0 bridgehead atoms. The molecular formula is C17H18FN3O3S. The van der Waals surface area contributed by atoms with E-state index >= 15 is 0 Å². The van der Waals surface area contributed by atoms with Crippen LogP contribution in [0.2, 0.25) is 0 Å². The summed E-state index contributed by atoms with van der Waals surface area (Å²) in [4.78, 5) is 18.0. The third kappa shape index (κ3) is 3.54. The van der Waals surface area contributed by atoms with Gasteiger partial charge in [-0.25, -0.2) is 12.8 Å². The molecule has 1 saturated heterocycles. The van der Waals surface area contributed by atoms with Crippen LogP contribution in [-0.2, 0) is 10.0 Å². The first-order valence-corrected chi connectivity index (χ1v) is 9.29. The van der Waals surface area contributed by atoms with Gasteiger partial charge in [-0.2, -0.15) is 4.31 Å². The molecule has 0 aliphatic carbocycles. The van der Waals surface area contributed by atoms with Crippen LogP contribution in [0, 0.1) is 12.7 Å². The van der Waals surface area contributed by atoms with Crippen LogP contribution in [0.3, 0.4) is 0 Å². The minimum atomic E-state index is -3.71. The smallest absolute Gasteiger partial charge is 0.255 e. The monoisotopic (exact) mass is 363 g/mol. The maximum absolute atomic E-state index is 13.2. The van der Waals surface area contributed by atoms with Crippen LogP contribution in [0.5, 0.6) is 0 Å². The van der Waals surface area contributed by atoms with Crippen molar-refractivity contribution < 1.29 is 17.6 Å². The Morgan fingerprint density at radius 2 is 1.88 bits per heavy atom. The molecule has 2 aromatic rings. The lowest BCUT2D eigenvalue weighted by Gasteiger charge is -2.34. The second-order valence-corrected chi connectivity index (χ2v) is 7.75. The number of piperazine rings is 1. The third-order valence-corrected chi connectivity index (χ3v) is 6.25. The van der Waals surface area contributed by atoms with Gasteiger partial charge in [0.1, 0.15) is 5.82 Å². The third-order valence-electron chi connectivity index (χ3n) is 4.19. The number of amides is 1. The van der Waals surface area contributed by atoms with Gasteiger partial charge in [-0.15, -0.1) is 0 Å². The van der Waals surface area contributed by atoms with Crippen molar-refractivity contribution in [2.75, 3.05) is 26.2 Å². The summed E-state index contributed by atoms with van der Waals surface area (Å²) in [7, 11) is -3.71. The van der Waals surface area contributed by atoms with Gasteiger partial charge in [-0.1, -0.05) is 0 Å². The number of hydrogen-bond acceptors (Lipinski definition) is 4. The number of carbonyl (C=O) groups is 1. The molecule has 8 heteroatoms. The summed E-state index contributed by atoms with van der Waals surface area (Å²) in [6.45, 7) is 2.56. The van der Waals surface area contributed by atoms with E-state index < -0.39 is 15.8 Å². The van der Waals surface area contributed by atoms with E-state index in [1.165, 1.54) is 22.6 Å². The Kier molecular flexibility index (Phi) is 4.82. The maximum atomic E-state index is 13.2. The molecule has 1 aliphatic rings. The normalized spacial score (nSPS) is 16.0. The highest BCUT2D eigenvalue weighted by Crippen LogP contribution is 2.22. The van der Waals surface area contributed by atoms with E-state index in [1.807, 2.05) is 0 Å². The lowest BCUT2D eigenvalue weighted by molar-refractivity contribution is 0.0697. The van der Waals surface area contributed by atoms with E-state index in [4.69, 9.17) is 0 Å². The van der Waals surface area contributed by atoms with E-state index in [-0.39, 0.29) is 23.9 Å². The standard InChI is InChI=1S/C17H18FN3O3S/c1-13-11-15(18)4-5-16(13)25(23,24)21-9-7-20(8-10-21)17(22)14-3-2-6-19-12-14/h2-6,11-12H,7-10H2,1H3. The average molecular weight is 363 g/mol. The van der Waals surface area contributed by atoms with Crippen molar-refractivity contribution in [2.24, 2.45) is 0 Å². The minimum Gasteiger partial charge on any atom is -0.336 e. The van der Waals surface area contributed by atoms with E-state index in [0.29, 0.717) is 24.2 Å². The van der Waals surface area contributed by atoms with Gasteiger partial charge in [-0.05, 0) is 42.8 Å². The fraction of sp³-hybridized carbons (Fsp3) is 0.294. The first-order valence-electron chi connectivity index (χ1n) is 7.85. The molecule has 25 heavy (non-hydrogen) atoms. The lowest BCUT2D eigenvalue weighted by Crippen LogP contribution is -2.50. The molecule has 1 aromatic carbocycles. The second kappa shape index (κ2) is 6.89. The van der Waals surface area contributed by atoms with Crippen molar-refractivity contribution in [1.82, 2.24) is 14.2 Å². The van der Waals surface area contributed by atoms with Gasteiger partial charge in [-0.3, -0.25) is 9.78 Å². The molecule has 0 atom stereocenters. The van der Waals surface area contributed by atoms with Crippen LogP contribution in [0.25, 0.3) is 0 Å². The largest absolute Gasteiger partial charge is 0.336 e. The topological polar surface area (TPSA) is 70.6 Å². The quantitative estimate of drug-likeness (QED) is 0.832. The van der Waals surface area contributed by atoms with Gasteiger partial charge in [0.15, 0.2) is 0 Å². The summed E-state index contributed by atoms with van der Waals surface area (Å²) in [5, 5.41) is 0. The SMILES string of the molecule is Cc1cc(F)ccc1S(=O)(=O)N1CCN(C(=O)c2cccnc2)CC1. The summed E-state index contributed by atoms with van der Waals surface area (Å²) >= 11 is 0. The molecule has 132 valence electrons. The molecule has 0 N–H and O–H groups in total. The fourth-order valence-electron chi connectivity index (χ4n) is 2.84. The van der Waals surface area contributed by atoms with Crippen LogP contribution in [-0.4, -0.2) is 54.7 Å². The molecule has 1 amide bonds. The van der Waals surface area contributed by atoms with Crippen LogP contribution in [0.15, 0.2) is 47.6 Å². The summed E-state index contributed by atoms with van der Waals surface area (Å²) < 4.78 is 40.1. The molecule has 2 heterocycles. The van der Waals surface area contributed by atoms with Crippen molar-refractivity contribution in [2.45, 2.75) is 11.8 Å². The highest BCUT2D eigenvalue weighted by molar-refractivity contribution is 7.89. The van der Waals surface area contributed by atoms with Gasteiger partial charge in [0.05, 0.1) is 10.5 Å². The van der Waals surface area contributed by atoms with Gasteiger partial charge in [0, 0.05) is 38.6 Å². The zero-order valence-electron chi connectivity index (χ0n) is 13.7. The van der Waals surface area contributed by atoms with Gasteiger partial charge >= 0.3 is 0 Å². The van der Waals surface area contributed by atoms with E-state index in [0.717, 1.165) is 6.07 Å². The number of aromatic nitrogens is 1. The van der Waals surface area contributed by atoms with Crippen molar-refractivity contribution in [3.63, 3.8) is 0 Å². The van der Waals surface area contributed by atoms with E-state index in [2.05, 4.69) is 4.98 Å². The lowest BCUT2D eigenvalue weighted by atomic mass is 10.2. The molecule has 1 fully saturated rings. The minimum absolute atomic E-state index is 0.0981. The number of aryl methyl sites for hydroxylation is 1. The predicted molar refractivity (Wildman–Crippen MR) is 90.0 cm³/mol. The molecule has 1 aromatic heterocycles. The number of pyridine rings is 1. The molecular weight excluding hydrogens is 345 g/mol. The van der Waals surface area contributed by atoms with Crippen molar-refractivity contribution in [3.05, 3.63) is 59.7 Å². The molecule has 0 spiro atoms. The fourth-order valence-corrected chi connectivity index (χ4v) is 4.47. The Morgan fingerprint density at radius 3 is 2.48 bits per heavy atom. The zero-order valence-corrected chi connectivity index (χ0v) is 14.5. The zero-order chi connectivity index (χ0) is 18.0. The Balaban J connectivity index is 1.72. The van der Waals surface area contributed by atoms with Crippen molar-refractivity contribution in [3.8, 4) is 0 Å². The maximum Gasteiger partial charge on any atom is 0.255 e. The molecule has 3 rings (SSSR count). The number of benzene rings is 1. The molecule has 6 nitrogen and oxygen atoms in total. The molecule has 0 radical (unpaired) electrons.